The van der Waals surface area contributed by atoms with Gasteiger partial charge in [-0.25, -0.2) is 4.98 Å². The minimum absolute atomic E-state index is 0.485. The lowest BCUT2D eigenvalue weighted by atomic mass is 10.2. The van der Waals surface area contributed by atoms with Crippen LogP contribution in [0.15, 0.2) is 36.7 Å². The normalized spacial score (nSPS) is 14.0. The van der Waals surface area contributed by atoms with Crippen LogP contribution in [0.2, 0.25) is 0 Å². The number of pyridine rings is 1. The van der Waals surface area contributed by atoms with Gasteiger partial charge in [0.05, 0.1) is 36.0 Å². The largest absolute Gasteiger partial charge is 0.495 e. The van der Waals surface area contributed by atoms with E-state index in [1.807, 2.05) is 24.3 Å². The molecule has 4 rings (SSSR count). The van der Waals surface area contributed by atoms with E-state index in [0.29, 0.717) is 17.4 Å². The number of hydrogen-bond donors (Lipinski definition) is 0. The van der Waals surface area contributed by atoms with Crippen molar-refractivity contribution >= 4 is 11.0 Å². The van der Waals surface area contributed by atoms with Gasteiger partial charge in [0.2, 0.25) is 0 Å². The molecule has 0 bridgehead atoms. The maximum absolute atomic E-state index is 9.07. The van der Waals surface area contributed by atoms with Gasteiger partial charge >= 0.3 is 0 Å². The minimum atomic E-state index is 0.485. The van der Waals surface area contributed by atoms with Crippen LogP contribution in [-0.4, -0.2) is 21.6 Å². The number of hydrogen-bond acceptors (Lipinski definition) is 4. The Hall–Kier alpha value is -2.87. The van der Waals surface area contributed by atoms with Crippen LogP contribution < -0.4 is 4.74 Å². The van der Waals surface area contributed by atoms with Crippen molar-refractivity contribution in [2.45, 2.75) is 18.9 Å². The van der Waals surface area contributed by atoms with Crippen LogP contribution in [0.4, 0.5) is 0 Å². The van der Waals surface area contributed by atoms with Gasteiger partial charge in [0.1, 0.15) is 11.6 Å². The van der Waals surface area contributed by atoms with Gasteiger partial charge in [-0.15, -0.1) is 0 Å². The van der Waals surface area contributed by atoms with E-state index in [9.17, 15) is 0 Å². The summed E-state index contributed by atoms with van der Waals surface area (Å²) in [6, 6.07) is 10.3. The summed E-state index contributed by atoms with van der Waals surface area (Å²) in [5.74, 6) is 1.60. The van der Waals surface area contributed by atoms with Gasteiger partial charge in [-0.05, 0) is 37.1 Å². The third-order valence-electron chi connectivity index (χ3n) is 3.94. The summed E-state index contributed by atoms with van der Waals surface area (Å²) < 4.78 is 7.52. The fraction of sp³-hybridized carbons (Fsp3) is 0.235. The number of imidazole rings is 1. The molecule has 0 spiro atoms. The molecule has 5 nitrogen and oxygen atoms in total. The first-order valence-electron chi connectivity index (χ1n) is 7.21. The van der Waals surface area contributed by atoms with Crippen LogP contribution in [0, 0.1) is 11.3 Å². The van der Waals surface area contributed by atoms with Crippen LogP contribution in [0.25, 0.3) is 22.4 Å². The molecule has 5 heteroatoms. The van der Waals surface area contributed by atoms with E-state index in [1.54, 1.807) is 19.5 Å². The third-order valence-corrected chi connectivity index (χ3v) is 3.94. The van der Waals surface area contributed by atoms with Crippen molar-refractivity contribution in [3.63, 3.8) is 0 Å². The van der Waals surface area contributed by atoms with Crippen molar-refractivity contribution in [1.82, 2.24) is 14.5 Å². The number of benzene rings is 1. The molecule has 2 aromatic heterocycles. The van der Waals surface area contributed by atoms with Crippen molar-refractivity contribution in [2.24, 2.45) is 0 Å². The van der Waals surface area contributed by atoms with E-state index in [4.69, 9.17) is 15.0 Å². The quantitative estimate of drug-likeness (QED) is 0.742. The average molecular weight is 290 g/mol. The lowest BCUT2D eigenvalue weighted by Gasteiger charge is -2.08. The molecule has 1 aliphatic carbocycles. The van der Waals surface area contributed by atoms with Gasteiger partial charge in [0.25, 0.3) is 0 Å². The molecule has 1 saturated carbocycles. The number of rotatable bonds is 3. The fourth-order valence-electron chi connectivity index (χ4n) is 2.73. The third kappa shape index (κ3) is 2.01. The Morgan fingerprint density at radius 2 is 2.14 bits per heavy atom. The number of nitrogens with zero attached hydrogens (tertiary/aromatic N) is 4. The first-order valence-corrected chi connectivity index (χ1v) is 7.21. The van der Waals surface area contributed by atoms with E-state index < -0.39 is 0 Å². The number of aromatic nitrogens is 3. The lowest BCUT2D eigenvalue weighted by molar-refractivity contribution is 0.413. The van der Waals surface area contributed by atoms with E-state index in [0.717, 1.165) is 35.3 Å². The number of fused-ring (bicyclic) bond motifs is 1. The standard InChI is InChI=1S/C17H14N4O/c1-22-14-7-12(9-19-10-14)17-20-15-6-11(8-18)2-5-16(15)21(17)13-3-4-13/h2,5-7,9-10,13H,3-4H2,1H3. The van der Waals surface area contributed by atoms with Crippen molar-refractivity contribution in [2.75, 3.05) is 7.11 Å². The highest BCUT2D eigenvalue weighted by Gasteiger charge is 2.29. The molecular formula is C17H14N4O. The van der Waals surface area contributed by atoms with Gasteiger partial charge in [-0.3, -0.25) is 4.98 Å². The highest BCUT2D eigenvalue weighted by Crippen LogP contribution is 2.41. The highest BCUT2D eigenvalue weighted by molar-refractivity contribution is 5.82. The molecule has 0 unspecified atom stereocenters. The van der Waals surface area contributed by atoms with Crippen molar-refractivity contribution < 1.29 is 4.74 Å². The second-order valence-electron chi connectivity index (χ2n) is 5.47. The Bertz CT molecular complexity index is 903. The van der Waals surface area contributed by atoms with Gasteiger partial charge in [-0.2, -0.15) is 5.26 Å². The van der Waals surface area contributed by atoms with Crippen LogP contribution in [0.1, 0.15) is 24.4 Å². The number of ether oxygens (including phenoxy) is 1. The maximum Gasteiger partial charge on any atom is 0.143 e. The van der Waals surface area contributed by atoms with Gasteiger partial charge in [0, 0.05) is 17.8 Å². The predicted molar refractivity (Wildman–Crippen MR) is 82.5 cm³/mol. The topological polar surface area (TPSA) is 63.7 Å². The summed E-state index contributed by atoms with van der Waals surface area (Å²) in [6.07, 6.45) is 5.81. The minimum Gasteiger partial charge on any atom is -0.495 e. The first-order chi connectivity index (χ1) is 10.8. The smallest absolute Gasteiger partial charge is 0.143 e. The molecule has 22 heavy (non-hydrogen) atoms. The van der Waals surface area contributed by atoms with Crippen molar-refractivity contribution in [3.05, 3.63) is 42.2 Å². The molecule has 1 aromatic carbocycles. The predicted octanol–water partition coefficient (Wildman–Crippen LogP) is 3.31. The molecule has 108 valence electrons. The molecule has 0 N–H and O–H groups in total. The summed E-state index contributed by atoms with van der Waals surface area (Å²) >= 11 is 0. The summed E-state index contributed by atoms with van der Waals surface area (Å²) in [6.45, 7) is 0. The maximum atomic E-state index is 9.07. The second-order valence-corrected chi connectivity index (χ2v) is 5.47. The molecule has 0 radical (unpaired) electrons. The van der Waals surface area contributed by atoms with E-state index in [2.05, 4.69) is 15.6 Å². The Kier molecular flexibility index (Phi) is 2.83. The van der Waals surface area contributed by atoms with E-state index >= 15 is 0 Å². The summed E-state index contributed by atoms with van der Waals surface area (Å²) in [4.78, 5) is 8.97. The molecule has 0 saturated heterocycles. The van der Waals surface area contributed by atoms with Gasteiger partial charge in [-0.1, -0.05) is 0 Å². The molecule has 0 amide bonds. The average Bonchev–Trinajstić information content (AvgIpc) is 3.34. The highest BCUT2D eigenvalue weighted by atomic mass is 16.5. The summed E-state index contributed by atoms with van der Waals surface area (Å²) in [7, 11) is 1.63. The van der Waals surface area contributed by atoms with Crippen molar-refractivity contribution in [3.8, 4) is 23.2 Å². The van der Waals surface area contributed by atoms with Crippen LogP contribution in [0.5, 0.6) is 5.75 Å². The number of nitriles is 1. The Morgan fingerprint density at radius 1 is 1.27 bits per heavy atom. The molecule has 2 heterocycles. The van der Waals surface area contributed by atoms with E-state index in [1.165, 1.54) is 0 Å². The Balaban J connectivity index is 1.96. The summed E-state index contributed by atoms with van der Waals surface area (Å²) in [5, 5.41) is 9.07. The summed E-state index contributed by atoms with van der Waals surface area (Å²) in [5.41, 5.74) is 3.48. The SMILES string of the molecule is COc1cncc(-c2nc3cc(C#N)ccc3n2C2CC2)c1. The lowest BCUT2D eigenvalue weighted by Crippen LogP contribution is -1.98. The molecule has 3 aromatic rings. The number of methoxy groups -OCH3 is 1. The van der Waals surface area contributed by atoms with Crippen LogP contribution in [-0.2, 0) is 0 Å². The Morgan fingerprint density at radius 3 is 2.86 bits per heavy atom. The monoisotopic (exact) mass is 290 g/mol. The van der Waals surface area contributed by atoms with Crippen LogP contribution in [0.3, 0.4) is 0 Å². The molecule has 1 aliphatic rings. The van der Waals surface area contributed by atoms with Gasteiger partial charge < -0.3 is 9.30 Å². The molecule has 0 atom stereocenters. The zero-order valence-electron chi connectivity index (χ0n) is 12.2. The zero-order valence-corrected chi connectivity index (χ0v) is 12.2. The second kappa shape index (κ2) is 4.85. The Labute approximate surface area is 127 Å². The van der Waals surface area contributed by atoms with Crippen molar-refractivity contribution in [1.29, 1.82) is 5.26 Å². The van der Waals surface area contributed by atoms with Crippen LogP contribution >= 0.6 is 0 Å². The van der Waals surface area contributed by atoms with Gasteiger partial charge in [0.15, 0.2) is 0 Å². The molecule has 0 aliphatic heterocycles. The van der Waals surface area contributed by atoms with E-state index in [-0.39, 0.29) is 0 Å². The first kappa shape index (κ1) is 12.8. The zero-order chi connectivity index (χ0) is 15.1. The fourth-order valence-corrected chi connectivity index (χ4v) is 2.73. The molecule has 1 fully saturated rings. The molecular weight excluding hydrogens is 276 g/mol.